The minimum atomic E-state index is -0.653. The topological polar surface area (TPSA) is 68.2 Å². The van der Waals surface area contributed by atoms with Crippen LogP contribution in [0.5, 0.6) is 0 Å². The Hall–Kier alpha value is -0.200. The zero-order chi connectivity index (χ0) is 21.6. The Morgan fingerprint density at radius 3 is 2.55 bits per heavy atom. The van der Waals surface area contributed by atoms with E-state index < -0.39 is 5.60 Å². The van der Waals surface area contributed by atoms with E-state index in [9.17, 15) is 10.2 Å². The molecule has 6 rings (SSSR count). The predicted molar refractivity (Wildman–Crippen MR) is 116 cm³/mol. The lowest BCUT2D eigenvalue weighted by Crippen LogP contribution is -2.64. The van der Waals surface area contributed by atoms with E-state index in [1.807, 2.05) is 0 Å². The molecule has 0 amide bonds. The summed E-state index contributed by atoms with van der Waals surface area (Å²) in [6.45, 7) is 9.35. The summed E-state index contributed by atoms with van der Waals surface area (Å²) in [4.78, 5) is 0. The van der Waals surface area contributed by atoms with Gasteiger partial charge in [0, 0.05) is 6.42 Å². The lowest BCUT2D eigenvalue weighted by atomic mass is 9.43. The van der Waals surface area contributed by atoms with E-state index in [1.54, 1.807) is 0 Å². The van der Waals surface area contributed by atoms with Crippen LogP contribution in [0.3, 0.4) is 0 Å². The number of hydrogen-bond acceptors (Lipinski definition) is 5. The van der Waals surface area contributed by atoms with E-state index in [0.29, 0.717) is 48.5 Å². The molecule has 5 nitrogen and oxygen atoms in total. The molecule has 1 saturated heterocycles. The van der Waals surface area contributed by atoms with Gasteiger partial charge in [0.15, 0.2) is 6.29 Å². The molecule has 0 bridgehead atoms. The molecule has 2 N–H and O–H groups in total. The van der Waals surface area contributed by atoms with Gasteiger partial charge in [-0.25, -0.2) is 0 Å². The van der Waals surface area contributed by atoms with Crippen LogP contribution in [0.2, 0.25) is 0 Å². The monoisotopic (exact) mass is 434 g/mol. The molecule has 5 heteroatoms. The first-order chi connectivity index (χ1) is 14.8. The van der Waals surface area contributed by atoms with Crippen molar-refractivity contribution in [3.8, 4) is 0 Å². The van der Waals surface area contributed by atoms with E-state index >= 15 is 0 Å². The highest BCUT2D eigenvalue weighted by molar-refractivity contribution is 5.24. The average molecular weight is 435 g/mol. The molecule has 0 aromatic rings. The van der Waals surface area contributed by atoms with Crippen LogP contribution in [-0.4, -0.2) is 54.1 Å². The summed E-state index contributed by atoms with van der Waals surface area (Å²) < 4.78 is 18.1. The van der Waals surface area contributed by atoms with Crippen LogP contribution < -0.4 is 0 Å². The van der Waals surface area contributed by atoms with Crippen molar-refractivity contribution in [3.05, 3.63) is 0 Å². The predicted octanol–water partition coefficient (Wildman–Crippen LogP) is 3.76. The van der Waals surface area contributed by atoms with Gasteiger partial charge in [-0.2, -0.15) is 0 Å². The second-order valence-corrected chi connectivity index (χ2v) is 12.6. The quantitative estimate of drug-likeness (QED) is 0.708. The van der Waals surface area contributed by atoms with Gasteiger partial charge in [0.2, 0.25) is 0 Å². The van der Waals surface area contributed by atoms with Gasteiger partial charge < -0.3 is 24.4 Å². The van der Waals surface area contributed by atoms with Gasteiger partial charge in [-0.3, -0.25) is 0 Å². The smallest absolute Gasteiger partial charge is 0.180 e. The van der Waals surface area contributed by atoms with Crippen LogP contribution >= 0.6 is 0 Å². The minimum Gasteiger partial charge on any atom is -0.393 e. The molecular weight excluding hydrogens is 392 g/mol. The Bertz CT molecular complexity index is 708. The Kier molecular flexibility index (Phi) is 4.92. The number of rotatable bonds is 3. The van der Waals surface area contributed by atoms with Crippen molar-refractivity contribution in [2.24, 2.45) is 46.3 Å². The summed E-state index contributed by atoms with van der Waals surface area (Å²) >= 11 is 0. The zero-order valence-corrected chi connectivity index (χ0v) is 19.6. The standard InChI is InChI=1S/C26H42O5/c1-15-11-20-22-17-12-19(17)26(28)13-16(27)5-8-25(26,3)18(22)6-7-24(20,2)23(15)31-14-21-29-9-4-10-30-21/h15-23,27-28H,4-14H2,1-3H3. The normalized spacial score (nSPS) is 58.7. The highest BCUT2D eigenvalue weighted by atomic mass is 16.7. The Morgan fingerprint density at radius 1 is 1.00 bits per heavy atom. The fourth-order valence-electron chi connectivity index (χ4n) is 9.68. The molecule has 5 aliphatic carbocycles. The summed E-state index contributed by atoms with van der Waals surface area (Å²) in [6, 6.07) is 0. The van der Waals surface area contributed by atoms with Crippen LogP contribution in [0.1, 0.15) is 72.1 Å². The van der Waals surface area contributed by atoms with E-state index in [1.165, 1.54) is 19.3 Å². The summed E-state index contributed by atoms with van der Waals surface area (Å²) in [5, 5.41) is 22.3. The highest BCUT2D eigenvalue weighted by Crippen LogP contribution is 2.76. The first-order valence-corrected chi connectivity index (χ1v) is 13.0. The van der Waals surface area contributed by atoms with Gasteiger partial charge in [0.1, 0.15) is 0 Å². The van der Waals surface area contributed by atoms with Crippen molar-refractivity contribution in [1.29, 1.82) is 0 Å². The van der Waals surface area contributed by atoms with E-state index in [0.717, 1.165) is 38.9 Å². The molecule has 11 atom stereocenters. The maximum Gasteiger partial charge on any atom is 0.180 e. The van der Waals surface area contributed by atoms with Crippen molar-refractivity contribution in [2.75, 3.05) is 19.8 Å². The summed E-state index contributed by atoms with van der Waals surface area (Å²) in [7, 11) is 0. The van der Waals surface area contributed by atoms with Crippen LogP contribution in [0.25, 0.3) is 0 Å². The molecule has 11 unspecified atom stereocenters. The second-order valence-electron chi connectivity index (χ2n) is 12.6. The third-order valence-electron chi connectivity index (χ3n) is 11.2. The third-order valence-corrected chi connectivity index (χ3v) is 11.2. The van der Waals surface area contributed by atoms with Gasteiger partial charge in [0.05, 0.1) is 37.6 Å². The largest absolute Gasteiger partial charge is 0.393 e. The van der Waals surface area contributed by atoms with E-state index in [2.05, 4.69) is 20.8 Å². The molecule has 1 aliphatic heterocycles. The molecule has 176 valence electrons. The molecule has 0 radical (unpaired) electrons. The molecule has 0 aromatic carbocycles. The van der Waals surface area contributed by atoms with Crippen LogP contribution in [0.4, 0.5) is 0 Å². The Balaban J connectivity index is 1.24. The van der Waals surface area contributed by atoms with E-state index in [-0.39, 0.29) is 29.3 Å². The van der Waals surface area contributed by atoms with Crippen LogP contribution in [0.15, 0.2) is 0 Å². The Morgan fingerprint density at radius 2 is 1.77 bits per heavy atom. The first-order valence-electron chi connectivity index (χ1n) is 13.0. The molecule has 6 aliphatic rings. The van der Waals surface area contributed by atoms with Gasteiger partial charge in [-0.15, -0.1) is 0 Å². The average Bonchev–Trinajstić information content (AvgIpc) is 3.50. The lowest BCUT2D eigenvalue weighted by Gasteiger charge is -2.63. The number of fused-ring (bicyclic) bond motifs is 8. The van der Waals surface area contributed by atoms with Crippen molar-refractivity contribution >= 4 is 0 Å². The van der Waals surface area contributed by atoms with Crippen molar-refractivity contribution < 1.29 is 24.4 Å². The SMILES string of the molecule is CC1CC2C3C4CC4C4(O)CC(O)CCC4(C)C3CCC2(C)C1OCC1OCCCO1. The van der Waals surface area contributed by atoms with Gasteiger partial charge in [0.25, 0.3) is 0 Å². The number of aliphatic hydroxyl groups excluding tert-OH is 1. The minimum absolute atomic E-state index is 0.0398. The van der Waals surface area contributed by atoms with Crippen LogP contribution in [-0.2, 0) is 14.2 Å². The molecule has 0 aromatic heterocycles. The molecule has 6 fully saturated rings. The zero-order valence-electron chi connectivity index (χ0n) is 19.6. The van der Waals surface area contributed by atoms with Gasteiger partial charge in [-0.1, -0.05) is 20.8 Å². The van der Waals surface area contributed by atoms with Crippen LogP contribution in [0, 0.1) is 46.3 Å². The molecular formula is C26H42O5. The van der Waals surface area contributed by atoms with E-state index in [4.69, 9.17) is 14.2 Å². The lowest BCUT2D eigenvalue weighted by molar-refractivity contribution is -0.237. The first kappa shape index (κ1) is 21.3. The molecule has 1 heterocycles. The van der Waals surface area contributed by atoms with Crippen molar-refractivity contribution in [3.63, 3.8) is 0 Å². The van der Waals surface area contributed by atoms with Crippen molar-refractivity contribution in [1.82, 2.24) is 0 Å². The maximum atomic E-state index is 11.9. The molecule has 0 spiro atoms. The fraction of sp³-hybridized carbons (Fsp3) is 1.00. The molecule has 5 saturated carbocycles. The molecule has 31 heavy (non-hydrogen) atoms. The summed E-state index contributed by atoms with van der Waals surface area (Å²) in [5.41, 5.74) is -0.482. The highest BCUT2D eigenvalue weighted by Gasteiger charge is 2.75. The number of hydrogen-bond donors (Lipinski definition) is 2. The van der Waals surface area contributed by atoms with Gasteiger partial charge >= 0.3 is 0 Å². The third kappa shape index (κ3) is 2.92. The van der Waals surface area contributed by atoms with Gasteiger partial charge in [-0.05, 0) is 91.3 Å². The second kappa shape index (κ2) is 7.15. The summed E-state index contributed by atoms with van der Waals surface area (Å²) in [5.74, 6) is 3.58. The van der Waals surface area contributed by atoms with Crippen molar-refractivity contribution in [2.45, 2.75) is 96.2 Å². The number of aliphatic hydroxyl groups is 2. The Labute approximate surface area is 187 Å². The summed E-state index contributed by atoms with van der Waals surface area (Å²) in [6.07, 6.45) is 7.93. The maximum absolute atomic E-state index is 11.9. The fourth-order valence-corrected chi connectivity index (χ4v) is 9.68. The number of ether oxygens (including phenoxy) is 3.